The van der Waals surface area contributed by atoms with E-state index in [-0.39, 0.29) is 12.0 Å². The third-order valence-corrected chi connectivity index (χ3v) is 2.74. The van der Waals surface area contributed by atoms with Crippen molar-refractivity contribution < 1.29 is 14.3 Å². The van der Waals surface area contributed by atoms with Crippen molar-refractivity contribution in [3.8, 4) is 5.75 Å². The predicted molar refractivity (Wildman–Crippen MR) is 70.3 cm³/mol. The number of ether oxygens (including phenoxy) is 2. The predicted octanol–water partition coefficient (Wildman–Crippen LogP) is 0.199. The van der Waals surface area contributed by atoms with E-state index in [9.17, 15) is 4.79 Å². The Balaban J connectivity index is 1.89. The van der Waals surface area contributed by atoms with E-state index >= 15 is 0 Å². The number of pyridine rings is 1. The summed E-state index contributed by atoms with van der Waals surface area (Å²) in [5.74, 6) is 0.439. The van der Waals surface area contributed by atoms with Gasteiger partial charge in [0.25, 0.3) is 5.91 Å². The summed E-state index contributed by atoms with van der Waals surface area (Å²) in [5, 5.41) is 5.94. The molecule has 0 aromatic carbocycles. The summed E-state index contributed by atoms with van der Waals surface area (Å²) in [6, 6.07) is 3.38. The smallest absolute Gasteiger partial charge is 0.270 e. The Labute approximate surface area is 112 Å². The number of rotatable bonds is 5. The van der Waals surface area contributed by atoms with E-state index in [1.165, 1.54) is 0 Å². The number of carbonyl (C=O) groups is 1. The molecule has 1 amide bonds. The molecule has 1 aromatic heterocycles. The first-order chi connectivity index (χ1) is 9.29. The van der Waals surface area contributed by atoms with Crippen LogP contribution in [-0.4, -0.2) is 49.8 Å². The van der Waals surface area contributed by atoms with Crippen LogP contribution < -0.4 is 15.4 Å². The Hall–Kier alpha value is -1.66. The second-order valence-corrected chi connectivity index (χ2v) is 4.24. The van der Waals surface area contributed by atoms with Crippen molar-refractivity contribution in [2.75, 3.05) is 32.8 Å². The number of morpholine rings is 1. The molecule has 0 aliphatic carbocycles. The van der Waals surface area contributed by atoms with E-state index in [4.69, 9.17) is 9.47 Å². The third-order valence-electron chi connectivity index (χ3n) is 2.74. The molecule has 1 atom stereocenters. The summed E-state index contributed by atoms with van der Waals surface area (Å²) in [4.78, 5) is 15.7. The molecule has 0 radical (unpaired) electrons. The van der Waals surface area contributed by atoms with Crippen molar-refractivity contribution in [3.63, 3.8) is 0 Å². The summed E-state index contributed by atoms with van der Waals surface area (Å²) < 4.78 is 11.2. The molecule has 2 N–H and O–H groups in total. The zero-order valence-electron chi connectivity index (χ0n) is 11.0. The van der Waals surface area contributed by atoms with Gasteiger partial charge in [0.05, 0.1) is 6.61 Å². The number of aromatic nitrogens is 1. The molecule has 19 heavy (non-hydrogen) atoms. The highest BCUT2D eigenvalue weighted by atomic mass is 16.5. The number of nitrogens with one attached hydrogen (secondary N) is 2. The van der Waals surface area contributed by atoms with Gasteiger partial charge in [0.1, 0.15) is 24.2 Å². The molecule has 1 fully saturated rings. The molecule has 1 aromatic rings. The summed E-state index contributed by atoms with van der Waals surface area (Å²) in [6.07, 6.45) is 1.62. The molecule has 1 unspecified atom stereocenters. The molecule has 1 aliphatic heterocycles. The van der Waals surface area contributed by atoms with Gasteiger partial charge in [-0.1, -0.05) is 0 Å². The summed E-state index contributed by atoms with van der Waals surface area (Å²) >= 11 is 0. The van der Waals surface area contributed by atoms with Crippen LogP contribution in [0.25, 0.3) is 0 Å². The Bertz CT molecular complexity index is 419. The number of hydrogen-bond acceptors (Lipinski definition) is 5. The van der Waals surface area contributed by atoms with Crippen molar-refractivity contribution in [3.05, 3.63) is 24.0 Å². The minimum absolute atomic E-state index is 0.0508. The minimum atomic E-state index is -0.191. The Morgan fingerprint density at radius 3 is 3.32 bits per heavy atom. The van der Waals surface area contributed by atoms with Gasteiger partial charge in [-0.25, -0.2) is 0 Å². The van der Waals surface area contributed by atoms with Crippen LogP contribution in [0.4, 0.5) is 0 Å². The second-order valence-electron chi connectivity index (χ2n) is 4.24. The molecule has 2 rings (SSSR count). The topological polar surface area (TPSA) is 72.5 Å². The quantitative estimate of drug-likeness (QED) is 0.795. The number of hydrogen-bond donors (Lipinski definition) is 2. The Kier molecular flexibility index (Phi) is 5.11. The van der Waals surface area contributed by atoms with Crippen molar-refractivity contribution in [2.24, 2.45) is 0 Å². The van der Waals surface area contributed by atoms with Gasteiger partial charge in [0.2, 0.25) is 0 Å². The maximum Gasteiger partial charge on any atom is 0.270 e. The molecule has 6 nitrogen and oxygen atoms in total. The van der Waals surface area contributed by atoms with E-state index in [1.807, 2.05) is 6.92 Å². The summed E-state index contributed by atoms with van der Waals surface area (Å²) in [6.45, 7) is 5.28. The van der Waals surface area contributed by atoms with Crippen LogP contribution in [-0.2, 0) is 4.74 Å². The highest BCUT2D eigenvalue weighted by molar-refractivity contribution is 5.92. The zero-order valence-corrected chi connectivity index (χ0v) is 11.0. The number of nitrogens with zero attached hydrogens (tertiary/aromatic N) is 1. The average molecular weight is 265 g/mol. The van der Waals surface area contributed by atoms with Gasteiger partial charge in [0.15, 0.2) is 0 Å². The van der Waals surface area contributed by atoms with Crippen molar-refractivity contribution >= 4 is 5.91 Å². The zero-order chi connectivity index (χ0) is 13.5. The van der Waals surface area contributed by atoms with Gasteiger partial charge in [0, 0.05) is 31.9 Å². The average Bonchev–Trinajstić information content (AvgIpc) is 2.47. The van der Waals surface area contributed by atoms with Gasteiger partial charge in [-0.2, -0.15) is 0 Å². The monoisotopic (exact) mass is 265 g/mol. The molecule has 2 heterocycles. The van der Waals surface area contributed by atoms with Gasteiger partial charge < -0.3 is 20.1 Å². The van der Waals surface area contributed by atoms with Crippen molar-refractivity contribution in [2.45, 2.75) is 13.0 Å². The lowest BCUT2D eigenvalue weighted by atomic mass is 10.3. The van der Waals surface area contributed by atoms with E-state index < -0.39 is 0 Å². The molecule has 0 spiro atoms. The van der Waals surface area contributed by atoms with Crippen LogP contribution >= 0.6 is 0 Å². The van der Waals surface area contributed by atoms with Crippen LogP contribution in [0, 0.1) is 0 Å². The number of amides is 1. The van der Waals surface area contributed by atoms with Crippen LogP contribution in [0.5, 0.6) is 5.75 Å². The lowest BCUT2D eigenvalue weighted by molar-refractivity contribution is 0.000167. The van der Waals surface area contributed by atoms with Crippen LogP contribution in [0.1, 0.15) is 17.4 Å². The van der Waals surface area contributed by atoms with E-state index in [0.717, 1.165) is 13.1 Å². The standard InChI is InChI=1S/C13H19N3O3/c1-2-15-13(17)12-7-10(3-4-16-12)19-9-11-8-14-5-6-18-11/h3-4,7,11,14H,2,5-6,8-9H2,1H3,(H,15,17). The van der Waals surface area contributed by atoms with Gasteiger partial charge in [-0.05, 0) is 13.0 Å². The normalized spacial score (nSPS) is 18.9. The van der Waals surface area contributed by atoms with Gasteiger partial charge >= 0.3 is 0 Å². The molecular formula is C13H19N3O3. The fourth-order valence-electron chi connectivity index (χ4n) is 1.79. The van der Waals surface area contributed by atoms with E-state index in [1.54, 1.807) is 18.3 Å². The largest absolute Gasteiger partial charge is 0.491 e. The highest BCUT2D eigenvalue weighted by Crippen LogP contribution is 2.12. The maximum absolute atomic E-state index is 11.6. The molecular weight excluding hydrogens is 246 g/mol. The third kappa shape index (κ3) is 4.18. The van der Waals surface area contributed by atoms with Gasteiger partial charge in [-0.15, -0.1) is 0 Å². The highest BCUT2D eigenvalue weighted by Gasteiger charge is 2.14. The summed E-state index contributed by atoms with van der Waals surface area (Å²) in [5.41, 5.74) is 0.363. The molecule has 6 heteroatoms. The van der Waals surface area contributed by atoms with E-state index in [0.29, 0.717) is 31.2 Å². The second kappa shape index (κ2) is 7.06. The number of carbonyl (C=O) groups excluding carboxylic acids is 1. The lowest BCUT2D eigenvalue weighted by Crippen LogP contribution is -2.41. The van der Waals surface area contributed by atoms with Gasteiger partial charge in [-0.3, -0.25) is 9.78 Å². The first-order valence-electron chi connectivity index (χ1n) is 6.49. The fraction of sp³-hybridized carbons (Fsp3) is 0.538. The molecule has 1 saturated heterocycles. The van der Waals surface area contributed by atoms with Crippen LogP contribution in [0.3, 0.4) is 0 Å². The lowest BCUT2D eigenvalue weighted by Gasteiger charge is -2.23. The molecule has 0 bridgehead atoms. The first kappa shape index (κ1) is 13.8. The van der Waals surface area contributed by atoms with Crippen LogP contribution in [0.2, 0.25) is 0 Å². The SMILES string of the molecule is CCNC(=O)c1cc(OCC2CNCCO2)ccn1. The molecule has 1 aliphatic rings. The first-order valence-corrected chi connectivity index (χ1v) is 6.49. The molecule has 104 valence electrons. The van der Waals surface area contributed by atoms with E-state index in [2.05, 4.69) is 15.6 Å². The Morgan fingerprint density at radius 1 is 1.68 bits per heavy atom. The van der Waals surface area contributed by atoms with Crippen molar-refractivity contribution in [1.29, 1.82) is 0 Å². The maximum atomic E-state index is 11.6. The van der Waals surface area contributed by atoms with Crippen LogP contribution in [0.15, 0.2) is 18.3 Å². The Morgan fingerprint density at radius 2 is 2.58 bits per heavy atom. The van der Waals surface area contributed by atoms with Crippen molar-refractivity contribution in [1.82, 2.24) is 15.6 Å². The molecule has 0 saturated carbocycles. The fourth-order valence-corrected chi connectivity index (χ4v) is 1.79. The minimum Gasteiger partial charge on any atom is -0.491 e. The summed E-state index contributed by atoms with van der Waals surface area (Å²) in [7, 11) is 0.